The van der Waals surface area contributed by atoms with E-state index in [4.69, 9.17) is 20.5 Å². The molecule has 2 aromatic heterocycles. The van der Waals surface area contributed by atoms with Crippen LogP contribution in [0.3, 0.4) is 0 Å². The summed E-state index contributed by atoms with van der Waals surface area (Å²) < 4.78 is 40.1. The van der Waals surface area contributed by atoms with Gasteiger partial charge in [0.15, 0.2) is 11.4 Å². The standard InChI is InChI=1S/C21H19ClN4O5S/c1-12-5-7-16(15(22)9-12)25-32(28,29)14-6-8-17-18(10-14)30-21(27)26(17)11-19-23-20(31-24-19)13-3-2-4-13/h5-10,13,25H,2-4,11H2,1H3. The van der Waals surface area contributed by atoms with Gasteiger partial charge in [-0.3, -0.25) is 9.29 Å². The van der Waals surface area contributed by atoms with Crippen LogP contribution in [0.2, 0.25) is 5.02 Å². The van der Waals surface area contributed by atoms with Gasteiger partial charge in [0, 0.05) is 12.0 Å². The highest BCUT2D eigenvalue weighted by molar-refractivity contribution is 7.92. The molecule has 0 unspecified atom stereocenters. The van der Waals surface area contributed by atoms with Gasteiger partial charge in [0.05, 0.1) is 27.7 Å². The summed E-state index contributed by atoms with van der Waals surface area (Å²) in [4.78, 5) is 16.7. The molecule has 11 heteroatoms. The van der Waals surface area contributed by atoms with E-state index in [1.165, 1.54) is 22.8 Å². The molecule has 0 spiro atoms. The Labute approximate surface area is 188 Å². The third kappa shape index (κ3) is 3.80. The molecule has 2 heterocycles. The van der Waals surface area contributed by atoms with Crippen LogP contribution in [0.1, 0.15) is 42.5 Å². The van der Waals surface area contributed by atoms with Crippen LogP contribution < -0.4 is 10.5 Å². The van der Waals surface area contributed by atoms with Gasteiger partial charge in [-0.25, -0.2) is 13.2 Å². The first-order valence-corrected chi connectivity index (χ1v) is 11.9. The topological polar surface area (TPSA) is 120 Å². The molecule has 1 aliphatic rings. The van der Waals surface area contributed by atoms with Gasteiger partial charge in [0.2, 0.25) is 5.89 Å². The van der Waals surface area contributed by atoms with E-state index < -0.39 is 15.8 Å². The first-order chi connectivity index (χ1) is 15.3. The maximum Gasteiger partial charge on any atom is 0.420 e. The molecule has 0 atom stereocenters. The number of nitrogens with one attached hydrogen (secondary N) is 1. The second-order valence-corrected chi connectivity index (χ2v) is 9.94. The molecule has 0 amide bonds. The summed E-state index contributed by atoms with van der Waals surface area (Å²) in [6.07, 6.45) is 3.19. The Morgan fingerprint density at radius 2 is 2.03 bits per heavy atom. The number of hydrogen-bond acceptors (Lipinski definition) is 7. The van der Waals surface area contributed by atoms with Crippen molar-refractivity contribution in [2.75, 3.05) is 4.72 Å². The highest BCUT2D eigenvalue weighted by atomic mass is 35.5. The van der Waals surface area contributed by atoms with Crippen LogP contribution in [0.4, 0.5) is 5.69 Å². The van der Waals surface area contributed by atoms with Crippen molar-refractivity contribution in [3.63, 3.8) is 0 Å². The molecular formula is C21H19ClN4O5S. The highest BCUT2D eigenvalue weighted by Gasteiger charge is 2.26. The fraction of sp³-hybridized carbons (Fsp3) is 0.286. The number of halogens is 1. The van der Waals surface area contributed by atoms with E-state index in [1.54, 1.807) is 18.2 Å². The van der Waals surface area contributed by atoms with E-state index in [2.05, 4.69) is 14.9 Å². The van der Waals surface area contributed by atoms with E-state index >= 15 is 0 Å². The van der Waals surface area contributed by atoms with E-state index in [0.717, 1.165) is 24.8 Å². The SMILES string of the molecule is Cc1ccc(NS(=O)(=O)c2ccc3c(c2)oc(=O)n3Cc2noc(C3CCC3)n2)c(Cl)c1. The fourth-order valence-electron chi connectivity index (χ4n) is 3.56. The van der Waals surface area contributed by atoms with E-state index in [9.17, 15) is 13.2 Å². The van der Waals surface area contributed by atoms with Crippen LogP contribution in [0.25, 0.3) is 11.1 Å². The minimum atomic E-state index is -3.95. The van der Waals surface area contributed by atoms with Crippen molar-refractivity contribution in [2.24, 2.45) is 0 Å². The molecule has 9 nitrogen and oxygen atoms in total. The molecule has 32 heavy (non-hydrogen) atoms. The van der Waals surface area contributed by atoms with Crippen LogP contribution in [0.15, 0.2) is 55.0 Å². The average Bonchev–Trinajstić information content (AvgIpc) is 3.27. The number of hydrogen-bond donors (Lipinski definition) is 1. The minimum Gasteiger partial charge on any atom is -0.408 e. The van der Waals surface area contributed by atoms with E-state index in [1.807, 2.05) is 6.92 Å². The summed E-state index contributed by atoms with van der Waals surface area (Å²) >= 11 is 6.14. The van der Waals surface area contributed by atoms with Crippen molar-refractivity contribution in [2.45, 2.75) is 43.5 Å². The van der Waals surface area contributed by atoms with E-state index in [-0.39, 0.29) is 33.7 Å². The Bertz CT molecular complexity index is 1480. The zero-order valence-electron chi connectivity index (χ0n) is 17.0. The number of nitrogens with zero attached hydrogens (tertiary/aromatic N) is 3. The lowest BCUT2D eigenvalue weighted by atomic mass is 9.85. The third-order valence-corrected chi connectivity index (χ3v) is 7.23. The molecule has 0 aliphatic heterocycles. The van der Waals surface area contributed by atoms with Crippen molar-refractivity contribution in [1.82, 2.24) is 14.7 Å². The number of aryl methyl sites for hydroxylation is 1. The number of sulfonamides is 1. The normalized spacial score (nSPS) is 14.6. The van der Waals surface area contributed by atoms with Crippen LogP contribution >= 0.6 is 11.6 Å². The van der Waals surface area contributed by atoms with Crippen LogP contribution in [-0.2, 0) is 16.6 Å². The van der Waals surface area contributed by atoms with Crippen molar-refractivity contribution >= 4 is 38.4 Å². The molecule has 5 rings (SSSR count). The third-order valence-electron chi connectivity index (χ3n) is 5.56. The highest BCUT2D eigenvalue weighted by Crippen LogP contribution is 2.35. The van der Waals surface area contributed by atoms with Crippen molar-refractivity contribution in [3.05, 3.63) is 69.3 Å². The lowest BCUT2D eigenvalue weighted by Gasteiger charge is -2.20. The van der Waals surface area contributed by atoms with Gasteiger partial charge in [-0.05, 0) is 49.6 Å². The van der Waals surface area contributed by atoms with Gasteiger partial charge < -0.3 is 8.94 Å². The Balaban J connectivity index is 1.43. The number of benzene rings is 2. The Hall–Kier alpha value is -3.11. The molecule has 0 radical (unpaired) electrons. The van der Waals surface area contributed by atoms with Gasteiger partial charge in [0.1, 0.15) is 0 Å². The zero-order chi connectivity index (χ0) is 22.5. The number of oxazole rings is 1. The van der Waals surface area contributed by atoms with Crippen LogP contribution in [0.5, 0.6) is 0 Å². The lowest BCUT2D eigenvalue weighted by Crippen LogP contribution is -2.16. The second kappa shape index (κ2) is 7.79. The molecule has 1 saturated carbocycles. The van der Waals surface area contributed by atoms with Gasteiger partial charge in [-0.2, -0.15) is 4.98 Å². The molecular weight excluding hydrogens is 456 g/mol. The van der Waals surface area contributed by atoms with Gasteiger partial charge >= 0.3 is 5.76 Å². The van der Waals surface area contributed by atoms with Gasteiger partial charge in [-0.15, -0.1) is 0 Å². The number of fused-ring (bicyclic) bond motifs is 1. The Kier molecular flexibility index (Phi) is 5.06. The quantitative estimate of drug-likeness (QED) is 0.447. The zero-order valence-corrected chi connectivity index (χ0v) is 18.6. The van der Waals surface area contributed by atoms with Gasteiger partial charge in [-0.1, -0.05) is 29.2 Å². The Morgan fingerprint density at radius 3 is 2.75 bits per heavy atom. The smallest absolute Gasteiger partial charge is 0.408 e. The Morgan fingerprint density at radius 1 is 1.22 bits per heavy atom. The number of anilines is 1. The van der Waals surface area contributed by atoms with Crippen LogP contribution in [0, 0.1) is 6.92 Å². The van der Waals surface area contributed by atoms with Gasteiger partial charge in [0.25, 0.3) is 10.0 Å². The van der Waals surface area contributed by atoms with Crippen molar-refractivity contribution in [1.29, 1.82) is 0 Å². The largest absolute Gasteiger partial charge is 0.420 e. The molecule has 0 saturated heterocycles. The molecule has 4 aromatic rings. The summed E-state index contributed by atoms with van der Waals surface area (Å²) in [5.74, 6) is 0.598. The summed E-state index contributed by atoms with van der Waals surface area (Å²) in [5.41, 5.74) is 1.73. The molecule has 2 aromatic carbocycles. The summed E-state index contributed by atoms with van der Waals surface area (Å²) in [6.45, 7) is 1.92. The first kappa shape index (κ1) is 20.8. The number of aromatic nitrogens is 3. The predicted octanol–water partition coefficient (Wildman–Crippen LogP) is 4.06. The average molecular weight is 475 g/mol. The van der Waals surface area contributed by atoms with Crippen molar-refractivity contribution in [3.8, 4) is 0 Å². The van der Waals surface area contributed by atoms with Crippen molar-refractivity contribution < 1.29 is 17.4 Å². The summed E-state index contributed by atoms with van der Waals surface area (Å²) in [5, 5.41) is 4.24. The van der Waals surface area contributed by atoms with Crippen LogP contribution in [-0.4, -0.2) is 23.1 Å². The summed E-state index contributed by atoms with van der Waals surface area (Å²) in [6, 6.07) is 9.21. The molecule has 1 aliphatic carbocycles. The fourth-order valence-corrected chi connectivity index (χ4v) is 5.00. The minimum absolute atomic E-state index is 0.0608. The number of rotatable bonds is 6. The lowest BCUT2D eigenvalue weighted by molar-refractivity contribution is 0.291. The van der Waals surface area contributed by atoms with E-state index in [0.29, 0.717) is 17.2 Å². The molecule has 166 valence electrons. The first-order valence-electron chi connectivity index (χ1n) is 10.0. The molecule has 0 bridgehead atoms. The maximum absolute atomic E-state index is 12.8. The maximum atomic E-state index is 12.8. The molecule has 1 N–H and O–H groups in total. The summed E-state index contributed by atoms with van der Waals surface area (Å²) in [7, 11) is -3.95. The predicted molar refractivity (Wildman–Crippen MR) is 117 cm³/mol. The molecule has 1 fully saturated rings. The monoisotopic (exact) mass is 474 g/mol. The second-order valence-electron chi connectivity index (χ2n) is 7.85.